The molecule has 0 saturated heterocycles. The lowest BCUT2D eigenvalue weighted by atomic mass is 10.2. The van der Waals surface area contributed by atoms with Crippen molar-refractivity contribution in [2.75, 3.05) is 5.32 Å². The molecule has 0 aliphatic carbocycles. The summed E-state index contributed by atoms with van der Waals surface area (Å²) in [5, 5.41) is 11.9. The second-order valence-corrected chi connectivity index (χ2v) is 7.83. The van der Waals surface area contributed by atoms with Crippen molar-refractivity contribution in [3.8, 4) is 11.6 Å². The molecule has 3 heterocycles. The highest BCUT2D eigenvalue weighted by Gasteiger charge is 2.16. The number of carbonyl (C=O) groups is 1. The number of hydrogen-bond donors (Lipinski definition) is 2. The highest BCUT2D eigenvalue weighted by molar-refractivity contribution is 6.01. The van der Waals surface area contributed by atoms with Gasteiger partial charge in [-0.25, -0.2) is 4.68 Å². The molecule has 1 amide bonds. The average Bonchev–Trinajstić information content (AvgIpc) is 3.42. The molecule has 0 saturated carbocycles. The van der Waals surface area contributed by atoms with Crippen molar-refractivity contribution in [3.05, 3.63) is 100 Å². The number of H-pyrrole nitrogens is 1. The number of nitrogens with zero attached hydrogens (tertiary/aromatic N) is 5. The number of nitrogens with one attached hydrogen (secondary N) is 2. The summed E-state index contributed by atoms with van der Waals surface area (Å²) in [6.07, 6.45) is 4.64. The van der Waals surface area contributed by atoms with Gasteiger partial charge in [-0.1, -0.05) is 48.0 Å². The molecule has 0 aliphatic rings. The van der Waals surface area contributed by atoms with Crippen molar-refractivity contribution < 1.29 is 4.79 Å². The summed E-state index contributed by atoms with van der Waals surface area (Å²) in [5.74, 6) is 0.212. The summed E-state index contributed by atoms with van der Waals surface area (Å²) >= 11 is 0. The largest absolute Gasteiger partial charge is 0.307 e. The van der Waals surface area contributed by atoms with E-state index in [1.54, 1.807) is 23.7 Å². The van der Waals surface area contributed by atoms with E-state index < -0.39 is 0 Å². The van der Waals surface area contributed by atoms with E-state index in [1.165, 1.54) is 17.0 Å². The molecule has 0 unspecified atom stereocenters. The number of fused-ring (bicyclic) bond motifs is 1. The lowest BCUT2D eigenvalue weighted by Crippen LogP contribution is -2.18. The molecule has 0 atom stereocenters. The minimum atomic E-state index is -0.354. The van der Waals surface area contributed by atoms with Gasteiger partial charge in [-0.3, -0.25) is 14.6 Å². The Bertz CT molecular complexity index is 1580. The predicted octanol–water partition coefficient (Wildman–Crippen LogP) is 3.56. The Hall–Kier alpha value is -4.79. The van der Waals surface area contributed by atoms with Crippen LogP contribution in [0.1, 0.15) is 16.8 Å². The number of aromatic amines is 1. The first kappa shape index (κ1) is 21.1. The standard InChI is InChI=1S/C25H21N7O2/c1-16-8-11-19(12-9-16)31-23-20(15-26-31)24(34)29-25(28-23)32-21(14-17(2)30-32)27-22(33)13-10-18-6-4-3-5-7-18/h3-15H,1-2H3,(H,27,33)(H,28,29,34)/b13-10+. The average molecular weight is 451 g/mol. The lowest BCUT2D eigenvalue weighted by molar-refractivity contribution is -0.111. The molecule has 9 nitrogen and oxygen atoms in total. The van der Waals surface area contributed by atoms with E-state index in [9.17, 15) is 9.59 Å². The maximum atomic E-state index is 12.8. The number of rotatable bonds is 5. The van der Waals surface area contributed by atoms with E-state index >= 15 is 0 Å². The predicted molar refractivity (Wildman–Crippen MR) is 130 cm³/mol. The first-order chi connectivity index (χ1) is 16.5. The molecule has 9 heteroatoms. The molecule has 0 spiro atoms. The SMILES string of the molecule is Cc1ccc(-n2ncc3c(=O)[nH]c(-n4nc(C)cc4NC(=O)/C=C/c4ccccc4)nc32)cc1. The van der Waals surface area contributed by atoms with Crippen LogP contribution in [0.3, 0.4) is 0 Å². The number of benzene rings is 2. The molecule has 5 aromatic rings. The molecule has 0 aliphatic heterocycles. The molecular weight excluding hydrogens is 430 g/mol. The highest BCUT2D eigenvalue weighted by Crippen LogP contribution is 2.18. The number of amides is 1. The van der Waals surface area contributed by atoms with Gasteiger partial charge in [0.15, 0.2) is 5.65 Å². The number of hydrogen-bond acceptors (Lipinski definition) is 5. The van der Waals surface area contributed by atoms with Crippen LogP contribution in [-0.2, 0) is 4.79 Å². The van der Waals surface area contributed by atoms with Crippen molar-refractivity contribution in [1.29, 1.82) is 0 Å². The Morgan fingerprint density at radius 1 is 1.03 bits per heavy atom. The molecule has 3 aromatic heterocycles. The molecular formula is C25H21N7O2. The van der Waals surface area contributed by atoms with Crippen molar-refractivity contribution in [3.63, 3.8) is 0 Å². The fourth-order valence-electron chi connectivity index (χ4n) is 3.54. The zero-order valence-electron chi connectivity index (χ0n) is 18.6. The van der Waals surface area contributed by atoms with E-state index in [0.29, 0.717) is 22.5 Å². The summed E-state index contributed by atoms with van der Waals surface area (Å²) in [6.45, 7) is 3.79. The van der Waals surface area contributed by atoms with Crippen LogP contribution >= 0.6 is 0 Å². The third-order valence-electron chi connectivity index (χ3n) is 5.21. The first-order valence-corrected chi connectivity index (χ1v) is 10.6. The van der Waals surface area contributed by atoms with Crippen molar-refractivity contribution >= 4 is 28.8 Å². The van der Waals surface area contributed by atoms with E-state index in [0.717, 1.165) is 16.8 Å². The first-order valence-electron chi connectivity index (χ1n) is 10.6. The molecule has 0 radical (unpaired) electrons. The van der Waals surface area contributed by atoms with Crippen LogP contribution in [-0.4, -0.2) is 35.4 Å². The summed E-state index contributed by atoms with van der Waals surface area (Å²) in [5.41, 5.74) is 3.48. The fraction of sp³-hybridized carbons (Fsp3) is 0.0800. The van der Waals surface area contributed by atoms with Gasteiger partial charge >= 0.3 is 0 Å². The Labute approximate surface area is 194 Å². The van der Waals surface area contributed by atoms with E-state index in [4.69, 9.17) is 0 Å². The summed E-state index contributed by atoms with van der Waals surface area (Å²) in [7, 11) is 0. The zero-order valence-corrected chi connectivity index (χ0v) is 18.6. The van der Waals surface area contributed by atoms with Crippen molar-refractivity contribution in [2.45, 2.75) is 13.8 Å². The van der Waals surface area contributed by atoms with Crippen molar-refractivity contribution in [2.24, 2.45) is 0 Å². The maximum Gasteiger partial charge on any atom is 0.263 e. The Morgan fingerprint density at radius 2 is 1.79 bits per heavy atom. The van der Waals surface area contributed by atoms with Crippen LogP contribution in [0, 0.1) is 13.8 Å². The topological polar surface area (TPSA) is 110 Å². The van der Waals surface area contributed by atoms with E-state index in [2.05, 4.69) is 25.5 Å². The highest BCUT2D eigenvalue weighted by atomic mass is 16.1. The molecule has 2 N–H and O–H groups in total. The normalized spacial score (nSPS) is 11.4. The van der Waals surface area contributed by atoms with Gasteiger partial charge in [0, 0.05) is 12.1 Å². The summed E-state index contributed by atoms with van der Waals surface area (Å²) in [6, 6.07) is 19.0. The minimum absolute atomic E-state index is 0.168. The second kappa shape index (κ2) is 8.62. The molecule has 5 rings (SSSR count). The van der Waals surface area contributed by atoms with Crippen LogP contribution in [0.15, 0.2) is 77.7 Å². The maximum absolute atomic E-state index is 12.8. The Morgan fingerprint density at radius 3 is 2.56 bits per heavy atom. The lowest BCUT2D eigenvalue weighted by Gasteiger charge is -2.08. The molecule has 0 bridgehead atoms. The second-order valence-electron chi connectivity index (χ2n) is 7.83. The van der Waals surface area contributed by atoms with Gasteiger partial charge in [-0.15, -0.1) is 0 Å². The van der Waals surface area contributed by atoms with Crippen LogP contribution in [0.5, 0.6) is 0 Å². The van der Waals surface area contributed by atoms with Crippen LogP contribution < -0.4 is 10.9 Å². The number of anilines is 1. The Balaban J connectivity index is 1.51. The molecule has 34 heavy (non-hydrogen) atoms. The van der Waals surface area contributed by atoms with E-state index in [1.807, 2.05) is 61.5 Å². The van der Waals surface area contributed by atoms with Crippen LogP contribution in [0.25, 0.3) is 28.7 Å². The molecule has 0 fully saturated rings. The summed E-state index contributed by atoms with van der Waals surface area (Å²) < 4.78 is 3.00. The minimum Gasteiger partial charge on any atom is -0.307 e. The van der Waals surface area contributed by atoms with Gasteiger partial charge in [0.1, 0.15) is 11.2 Å². The number of carbonyl (C=O) groups excluding carboxylic acids is 1. The quantitative estimate of drug-likeness (QED) is 0.397. The monoisotopic (exact) mass is 451 g/mol. The van der Waals surface area contributed by atoms with Gasteiger partial charge in [-0.2, -0.15) is 19.9 Å². The third kappa shape index (κ3) is 4.14. The van der Waals surface area contributed by atoms with Gasteiger partial charge in [-0.05, 0) is 37.6 Å². The molecule has 2 aromatic carbocycles. The van der Waals surface area contributed by atoms with Crippen LogP contribution in [0.2, 0.25) is 0 Å². The number of aryl methyl sites for hydroxylation is 2. The van der Waals surface area contributed by atoms with Crippen molar-refractivity contribution in [1.82, 2.24) is 29.5 Å². The van der Waals surface area contributed by atoms with Gasteiger partial charge < -0.3 is 5.32 Å². The van der Waals surface area contributed by atoms with E-state index in [-0.39, 0.29) is 17.4 Å². The zero-order chi connectivity index (χ0) is 23.7. The van der Waals surface area contributed by atoms with Crippen LogP contribution in [0.4, 0.5) is 5.82 Å². The van der Waals surface area contributed by atoms with Gasteiger partial charge in [0.05, 0.1) is 17.6 Å². The van der Waals surface area contributed by atoms with Gasteiger partial charge in [0.2, 0.25) is 11.9 Å². The molecule has 168 valence electrons. The fourth-order valence-corrected chi connectivity index (χ4v) is 3.54. The van der Waals surface area contributed by atoms with Gasteiger partial charge in [0.25, 0.3) is 5.56 Å². The number of aromatic nitrogens is 6. The Kier molecular flexibility index (Phi) is 5.35. The summed E-state index contributed by atoms with van der Waals surface area (Å²) in [4.78, 5) is 32.7. The third-order valence-corrected chi connectivity index (χ3v) is 5.21. The smallest absolute Gasteiger partial charge is 0.263 e.